The Morgan fingerprint density at radius 1 is 0.450 bits per heavy atom. The number of aromatic nitrogens is 11. The van der Waals surface area contributed by atoms with Gasteiger partial charge in [0, 0.05) is 66.1 Å². The minimum absolute atomic E-state index is 0.198. The minimum atomic E-state index is 0.198. The molecule has 9 heterocycles. The summed E-state index contributed by atoms with van der Waals surface area (Å²) < 4.78 is 10.5. The number of pyridine rings is 4. The van der Waals surface area contributed by atoms with Crippen LogP contribution < -0.4 is 0 Å². The minimum Gasteiger partial charge on any atom is -0.241 e. The first-order valence-electron chi connectivity index (χ1n) is 28.1. The van der Waals surface area contributed by atoms with Gasteiger partial charge in [0.05, 0.1) is 87.2 Å². The second-order valence-electron chi connectivity index (χ2n) is 21.5. The lowest BCUT2D eigenvalue weighted by molar-refractivity contribution is 0.383. The number of nitriles is 4. The summed E-state index contributed by atoms with van der Waals surface area (Å²) in [5, 5.41) is 61.3. The van der Waals surface area contributed by atoms with Crippen LogP contribution in [-0.4, -0.2) is 53.5 Å². The summed E-state index contributed by atoms with van der Waals surface area (Å²) in [6, 6.07) is 39.0. The summed E-state index contributed by atoms with van der Waals surface area (Å²) in [4.78, 5) is 0. The first kappa shape index (κ1) is 53.3. The molecule has 9 aromatic heterocycles. The fourth-order valence-corrected chi connectivity index (χ4v) is 13.0. The molecule has 400 valence electrons. The quantitative estimate of drug-likeness (QED) is 0.155. The van der Waals surface area contributed by atoms with E-state index in [-0.39, 0.29) is 23.7 Å². The van der Waals surface area contributed by atoms with Gasteiger partial charge < -0.3 is 0 Å². The lowest BCUT2D eigenvalue weighted by Gasteiger charge is -2.25. The molecule has 3 saturated carbocycles. The Kier molecular flexibility index (Phi) is 16.6. The maximum atomic E-state index is 9.20. The normalized spacial score (nSPS) is 21.7. The number of hydrogen-bond donors (Lipinski definition) is 0. The number of benzene rings is 1. The van der Waals surface area contributed by atoms with Crippen LogP contribution in [0.3, 0.4) is 0 Å². The van der Waals surface area contributed by atoms with Crippen LogP contribution in [0, 0.1) is 69.0 Å². The molecule has 0 radical (unpaired) electrons. The summed E-state index contributed by atoms with van der Waals surface area (Å²) >= 11 is 3.57. The number of rotatable bonds is 6. The van der Waals surface area contributed by atoms with Gasteiger partial charge in [0.25, 0.3) is 0 Å². The van der Waals surface area contributed by atoms with Crippen LogP contribution in [0.4, 0.5) is 0 Å². The van der Waals surface area contributed by atoms with Crippen molar-refractivity contribution in [2.45, 2.75) is 114 Å². The standard InChI is InChI=1S/C22H20N6.C14H14BrN3.C14H15N3.C14H13N3/c23-14-16-3-5-17(6-4-16)20-2-1-12-28-22(20)21(15-25-28)18-7-9-19(10-8-18)27-13-11-24-26-27;15-13-9-17-18-7-1-2-12(14(13)18)11-5-3-10(8-16)4-6-11;2*15-10-11-3-5-12(6-4-11)13-2-1-9-17-14(13)7-8-16-17/h1-2,7-13,15-17H,3-6H2;1-2,7,9-11H,3-6H2;1-2,7-9,11-12H,3-6H2;1-2,5,7-9,11H,3-4,6H2. The Hall–Kier alpha value is -8.70. The maximum Gasteiger partial charge on any atom is 0.0838 e. The molecule has 16 heteroatoms. The zero-order valence-electron chi connectivity index (χ0n) is 44.7. The molecule has 0 spiro atoms. The average molecular weight is 1120 g/mol. The number of fused-ring (bicyclic) bond motifs is 4. The Bertz CT molecular complexity index is 3900. The molecule has 0 saturated heterocycles. The maximum absolute atomic E-state index is 9.20. The first-order valence-corrected chi connectivity index (χ1v) is 28.9. The third kappa shape index (κ3) is 11.7. The van der Waals surface area contributed by atoms with E-state index in [4.69, 9.17) is 15.8 Å². The van der Waals surface area contributed by atoms with Crippen LogP contribution in [0.15, 0.2) is 157 Å². The van der Waals surface area contributed by atoms with Gasteiger partial charge in [0.15, 0.2) is 0 Å². The van der Waals surface area contributed by atoms with Gasteiger partial charge in [-0.3, -0.25) is 0 Å². The molecule has 4 aliphatic rings. The highest BCUT2D eigenvalue weighted by Crippen LogP contribution is 2.42. The van der Waals surface area contributed by atoms with Crippen LogP contribution in [0.25, 0.3) is 44.5 Å². The molecule has 0 amide bonds. The van der Waals surface area contributed by atoms with E-state index in [2.05, 4.69) is 138 Å². The van der Waals surface area contributed by atoms with Crippen LogP contribution >= 0.6 is 15.9 Å². The van der Waals surface area contributed by atoms with Crippen LogP contribution in [0.1, 0.15) is 136 Å². The molecule has 0 aliphatic heterocycles. The number of allylic oxidation sites excluding steroid dienone is 2. The molecule has 80 heavy (non-hydrogen) atoms. The van der Waals surface area contributed by atoms with Crippen molar-refractivity contribution in [1.29, 1.82) is 21.0 Å². The molecular formula is C64H62BrN15. The highest BCUT2D eigenvalue weighted by atomic mass is 79.9. The highest BCUT2D eigenvalue weighted by Gasteiger charge is 2.27. The average Bonchev–Trinajstić information content (AvgIpc) is 4.45. The molecule has 0 bridgehead atoms. The molecule has 1 atom stereocenters. The van der Waals surface area contributed by atoms with E-state index in [0.29, 0.717) is 17.8 Å². The van der Waals surface area contributed by atoms with Crippen molar-refractivity contribution in [2.75, 3.05) is 0 Å². The summed E-state index contributed by atoms with van der Waals surface area (Å²) in [6.45, 7) is 0. The van der Waals surface area contributed by atoms with E-state index in [1.807, 2.05) is 98.1 Å². The van der Waals surface area contributed by atoms with Crippen molar-refractivity contribution in [2.24, 2.45) is 23.7 Å². The Morgan fingerprint density at radius 2 is 0.963 bits per heavy atom. The van der Waals surface area contributed by atoms with Gasteiger partial charge in [-0.1, -0.05) is 47.7 Å². The first-order chi connectivity index (χ1) is 39.4. The van der Waals surface area contributed by atoms with E-state index >= 15 is 0 Å². The fourth-order valence-electron chi connectivity index (χ4n) is 12.5. The Balaban J connectivity index is 0.000000116. The molecule has 0 N–H and O–H groups in total. The summed E-state index contributed by atoms with van der Waals surface area (Å²) in [5.74, 6) is 2.59. The summed E-state index contributed by atoms with van der Waals surface area (Å²) in [7, 11) is 0. The summed E-state index contributed by atoms with van der Waals surface area (Å²) in [6.07, 6.45) is 36.6. The second kappa shape index (κ2) is 25.0. The molecule has 15 nitrogen and oxygen atoms in total. The number of nitrogens with zero attached hydrogens (tertiary/aromatic N) is 15. The van der Waals surface area contributed by atoms with Gasteiger partial charge in [-0.15, -0.1) is 5.10 Å². The Morgan fingerprint density at radius 3 is 1.52 bits per heavy atom. The van der Waals surface area contributed by atoms with Crippen molar-refractivity contribution in [1.82, 2.24) is 53.5 Å². The predicted octanol–water partition coefficient (Wildman–Crippen LogP) is 14.4. The van der Waals surface area contributed by atoms with Crippen LogP contribution in [-0.2, 0) is 0 Å². The van der Waals surface area contributed by atoms with Crippen molar-refractivity contribution >= 4 is 43.6 Å². The van der Waals surface area contributed by atoms with E-state index in [1.54, 1.807) is 10.9 Å². The van der Waals surface area contributed by atoms with Crippen molar-refractivity contribution < 1.29 is 0 Å². The van der Waals surface area contributed by atoms with Gasteiger partial charge in [0.1, 0.15) is 0 Å². The third-order valence-corrected chi connectivity index (χ3v) is 17.4. The fraction of sp³-hybridized carbons (Fsp3) is 0.344. The van der Waals surface area contributed by atoms with Gasteiger partial charge >= 0.3 is 0 Å². The number of hydrogen-bond acceptors (Lipinski definition) is 10. The zero-order chi connectivity index (χ0) is 54.8. The van der Waals surface area contributed by atoms with Gasteiger partial charge in [-0.25, -0.2) is 22.7 Å². The van der Waals surface area contributed by atoms with Gasteiger partial charge in [-0.05, 0) is 206 Å². The predicted molar refractivity (Wildman–Crippen MR) is 311 cm³/mol. The van der Waals surface area contributed by atoms with Crippen molar-refractivity contribution in [3.63, 3.8) is 0 Å². The number of halogens is 1. The van der Waals surface area contributed by atoms with Crippen LogP contribution in [0.2, 0.25) is 0 Å². The molecule has 3 fully saturated rings. The van der Waals surface area contributed by atoms with E-state index in [9.17, 15) is 5.26 Å². The van der Waals surface area contributed by atoms with E-state index < -0.39 is 0 Å². The van der Waals surface area contributed by atoms with Gasteiger partial charge in [0.2, 0.25) is 0 Å². The highest BCUT2D eigenvalue weighted by molar-refractivity contribution is 9.10. The zero-order valence-corrected chi connectivity index (χ0v) is 46.3. The largest absolute Gasteiger partial charge is 0.241 e. The lowest BCUT2D eigenvalue weighted by atomic mass is 9.78. The third-order valence-electron chi connectivity index (χ3n) is 16.9. The molecule has 4 aliphatic carbocycles. The second-order valence-corrected chi connectivity index (χ2v) is 22.4. The monoisotopic (exact) mass is 1120 g/mol. The van der Waals surface area contributed by atoms with Crippen molar-refractivity contribution in [3.8, 4) is 41.1 Å². The van der Waals surface area contributed by atoms with Crippen molar-refractivity contribution in [3.05, 3.63) is 180 Å². The van der Waals surface area contributed by atoms with Crippen LogP contribution in [0.5, 0.6) is 0 Å². The van der Waals surface area contributed by atoms with E-state index in [0.717, 1.165) is 123 Å². The smallest absolute Gasteiger partial charge is 0.0838 e. The molecule has 10 aromatic rings. The SMILES string of the molecule is N#CC1CC=C(c2cccn3nccc23)CC1.N#CC1CCC(c2cccn3ncc(-c4ccc(-n5ccnn5)cc4)c23)CC1.N#CC1CCC(c2cccn3ncc(Br)c23)CC1.N#CC1CCC(c2cccn3nccc23)CC1. The molecule has 1 unspecified atom stereocenters. The molecule has 14 rings (SSSR count). The summed E-state index contributed by atoms with van der Waals surface area (Å²) in [5.41, 5.74) is 14.7. The lowest BCUT2D eigenvalue weighted by Crippen LogP contribution is -2.12. The molecular weight excluding hydrogens is 1060 g/mol. The Labute approximate surface area is 474 Å². The van der Waals surface area contributed by atoms with Gasteiger partial charge in [-0.2, -0.15) is 41.4 Å². The van der Waals surface area contributed by atoms with E-state index in [1.165, 1.54) is 44.4 Å². The topological polar surface area (TPSA) is 195 Å². The molecule has 1 aromatic carbocycles.